The molecule has 15 atom stereocenters. The molecular formula is C57H66N4O12S2. The summed E-state index contributed by atoms with van der Waals surface area (Å²) in [5.74, 6) is 2.44. The molecule has 3 aromatic rings. The molecule has 2 amide bonds. The summed E-state index contributed by atoms with van der Waals surface area (Å²) in [7, 11) is 5.16. The Labute approximate surface area is 443 Å². The minimum Gasteiger partial charge on any atom is -0.504 e. The number of aliphatic hydroxyl groups excluding tert-OH is 4. The highest BCUT2D eigenvalue weighted by Crippen LogP contribution is 2.68. The molecule has 14 rings (SSSR count). The Morgan fingerprint density at radius 1 is 0.893 bits per heavy atom. The number of hydrogen-bond donors (Lipinski definition) is 8. The van der Waals surface area contributed by atoms with Gasteiger partial charge in [-0.15, -0.1) is 0 Å². The maximum atomic E-state index is 13.6. The summed E-state index contributed by atoms with van der Waals surface area (Å²) in [6, 6.07) is 14.1. The number of likely N-dealkylation sites (tertiary alicyclic amines) is 2. The van der Waals surface area contributed by atoms with E-state index in [2.05, 4.69) is 51.8 Å². The van der Waals surface area contributed by atoms with Gasteiger partial charge in [-0.25, -0.2) is 0 Å². The van der Waals surface area contributed by atoms with E-state index in [1.807, 2.05) is 30.3 Å². The first-order valence-electron chi connectivity index (χ1n) is 27.2. The van der Waals surface area contributed by atoms with Gasteiger partial charge in [0, 0.05) is 83.8 Å². The molecule has 3 saturated heterocycles. The monoisotopic (exact) mass is 1060 g/mol. The van der Waals surface area contributed by atoms with E-state index in [0.29, 0.717) is 42.4 Å². The summed E-state index contributed by atoms with van der Waals surface area (Å²) < 4.78 is 26.2. The van der Waals surface area contributed by atoms with Crippen LogP contribution in [0.15, 0.2) is 60.7 Å². The molecule has 8 N–H and O–H groups in total. The van der Waals surface area contributed by atoms with Crippen molar-refractivity contribution < 1.29 is 59.2 Å². The lowest BCUT2D eigenvalue weighted by atomic mass is 9.48. The van der Waals surface area contributed by atoms with Gasteiger partial charge in [0.2, 0.25) is 5.91 Å². The molecule has 11 aliphatic rings. The van der Waals surface area contributed by atoms with E-state index in [9.17, 15) is 40.2 Å². The van der Waals surface area contributed by atoms with Crippen LogP contribution >= 0.6 is 21.6 Å². The Morgan fingerprint density at radius 3 is 2.55 bits per heavy atom. The number of phenolic OH excluding ortho intramolecular Hbond substituents is 1. The van der Waals surface area contributed by atoms with Gasteiger partial charge in [0.05, 0.1) is 5.41 Å². The zero-order chi connectivity index (χ0) is 51.3. The second kappa shape index (κ2) is 18.2. The van der Waals surface area contributed by atoms with Crippen LogP contribution in [0.2, 0.25) is 0 Å². The van der Waals surface area contributed by atoms with E-state index >= 15 is 0 Å². The number of amides is 2. The van der Waals surface area contributed by atoms with Crippen LogP contribution in [0.3, 0.4) is 0 Å². The number of piperidine rings is 2. The molecule has 4 fully saturated rings. The van der Waals surface area contributed by atoms with Crippen molar-refractivity contribution in [1.29, 1.82) is 0 Å². The van der Waals surface area contributed by atoms with Gasteiger partial charge in [0.15, 0.2) is 23.9 Å². The predicted octanol–water partition coefficient (Wildman–Crippen LogP) is 3.13. The Balaban J connectivity index is 0.586. The highest BCUT2D eigenvalue weighted by atomic mass is 33.1. The van der Waals surface area contributed by atoms with Crippen LogP contribution in [-0.4, -0.2) is 170 Å². The first-order chi connectivity index (χ1) is 36.3. The maximum Gasteiger partial charge on any atom is 0.252 e. The van der Waals surface area contributed by atoms with Crippen molar-refractivity contribution in [3.8, 4) is 17.2 Å². The van der Waals surface area contributed by atoms with Gasteiger partial charge >= 0.3 is 0 Å². The third-order valence-electron chi connectivity index (χ3n) is 19.5. The van der Waals surface area contributed by atoms with Crippen LogP contribution < -0.4 is 20.1 Å². The van der Waals surface area contributed by atoms with Crippen molar-refractivity contribution in [1.82, 2.24) is 15.1 Å². The van der Waals surface area contributed by atoms with Crippen LogP contribution in [-0.2, 0) is 55.6 Å². The number of anilines is 1. The lowest BCUT2D eigenvalue weighted by Crippen LogP contribution is -2.75. The molecule has 75 heavy (non-hydrogen) atoms. The highest BCUT2D eigenvalue weighted by Gasteiger charge is 2.73. The fraction of sp³-hybridized carbons (Fsp3) is 0.579. The van der Waals surface area contributed by atoms with Crippen molar-refractivity contribution >= 4 is 44.7 Å². The fourth-order valence-corrected chi connectivity index (χ4v) is 17.9. The van der Waals surface area contributed by atoms with E-state index in [-0.39, 0.29) is 61.3 Å². The van der Waals surface area contributed by atoms with Gasteiger partial charge in [-0.1, -0.05) is 64.1 Å². The molecule has 0 radical (unpaired) electrons. The van der Waals surface area contributed by atoms with Crippen LogP contribution in [0, 0.1) is 17.8 Å². The number of phenols is 1. The van der Waals surface area contributed by atoms with Gasteiger partial charge in [-0.3, -0.25) is 14.5 Å². The largest absolute Gasteiger partial charge is 0.504 e. The van der Waals surface area contributed by atoms with Gasteiger partial charge in [-0.2, -0.15) is 0 Å². The topological polar surface area (TPSA) is 223 Å². The molecule has 6 aliphatic carbocycles. The molecule has 5 heterocycles. The SMILES string of the molecule is CN1CC[C@]23c4c5ccc(CCO)c4O[C@H]2[C@@H](O[C@@H]2O[C@H](C(=O)NCCSSCCC(=O)Nc4cccc6c4CC4C6=C[C@@]6(O)[C@H]7Cc8ccc(O)c9c8[C@@]6(CCN7CC6CC6)[C@H]4O9)[C@@H](O)[C@H](O)[C@H]2O)C=CC3[C@H]1C5. The van der Waals surface area contributed by atoms with E-state index in [1.165, 1.54) is 45.6 Å². The lowest BCUT2D eigenvalue weighted by Gasteiger charge is -2.62. The number of carbonyl (C=O) groups is 2. The molecule has 1 saturated carbocycles. The fourth-order valence-electron chi connectivity index (χ4n) is 16.0. The first kappa shape index (κ1) is 49.1. The first-order valence-corrected chi connectivity index (χ1v) is 29.6. The van der Waals surface area contributed by atoms with Crippen molar-refractivity contribution in [2.24, 2.45) is 17.8 Å². The molecule has 0 aromatic heterocycles. The number of benzene rings is 3. The van der Waals surface area contributed by atoms with Crippen molar-refractivity contribution in [2.45, 2.75) is 135 Å². The normalized spacial score (nSPS) is 37.9. The van der Waals surface area contributed by atoms with Crippen molar-refractivity contribution in [2.75, 3.05) is 56.7 Å². The van der Waals surface area contributed by atoms with Gasteiger partial charge in [-0.05, 0) is 129 Å². The number of carbonyl (C=O) groups excluding carboxylic acids is 2. The third-order valence-corrected chi connectivity index (χ3v) is 21.9. The number of likely N-dealkylation sites (N-methyl/N-ethyl adjacent to an activating group) is 1. The molecule has 5 aliphatic heterocycles. The van der Waals surface area contributed by atoms with Crippen LogP contribution in [0.4, 0.5) is 5.69 Å². The summed E-state index contributed by atoms with van der Waals surface area (Å²) in [6.07, 6.45) is 3.65. The van der Waals surface area contributed by atoms with Gasteiger partial charge in [0.1, 0.15) is 48.0 Å². The molecule has 18 heteroatoms. The number of ether oxygens (including phenoxy) is 4. The van der Waals surface area contributed by atoms with Crippen LogP contribution in [0.1, 0.15) is 71.0 Å². The second-order valence-electron chi connectivity index (χ2n) is 23.2. The zero-order valence-electron chi connectivity index (χ0n) is 41.9. The summed E-state index contributed by atoms with van der Waals surface area (Å²) in [5, 5.41) is 73.5. The number of fused-ring (bicyclic) bond motifs is 4. The lowest BCUT2D eigenvalue weighted by molar-refractivity contribution is -0.304. The Bertz CT molecular complexity index is 2920. The predicted molar refractivity (Wildman–Crippen MR) is 281 cm³/mol. The highest BCUT2D eigenvalue weighted by molar-refractivity contribution is 8.76. The van der Waals surface area contributed by atoms with Gasteiger partial charge < -0.3 is 65.1 Å². The average Bonchev–Trinajstić information content (AvgIpc) is 4.12. The maximum absolute atomic E-state index is 13.6. The number of nitrogens with one attached hydrogen (secondary N) is 2. The molecule has 398 valence electrons. The Morgan fingerprint density at radius 2 is 1.71 bits per heavy atom. The van der Waals surface area contributed by atoms with Gasteiger partial charge in [0.25, 0.3) is 5.91 Å². The summed E-state index contributed by atoms with van der Waals surface area (Å²) >= 11 is 0. The molecule has 2 unspecified atom stereocenters. The smallest absolute Gasteiger partial charge is 0.252 e. The molecule has 4 bridgehead atoms. The third kappa shape index (κ3) is 7.23. The average molecular weight is 1060 g/mol. The standard InChI is InChI=1S/C57H66N4O12S2/c1-60-18-15-55-36-10-12-40(52(55)71-48-29(13-20-62)7-8-30(43(48)55)23-38(36)60)70-54-47(67)45(65)46(66)50(73-54)53(68)58-17-22-75-74-21-14-42(64)59-37-4-2-3-32-33(37)25-34-35(32)26-57(69)41-24-31-9-11-39(63)49-44(31)56(57,51(34)72-49)16-19-61(41)27-28-5-6-28/h2-4,7-12,26,28,34,36,38,40-41,45-47,50-52,54,62-63,65-67,69H,5-6,13-25,27H2,1H3,(H,58,68)(H,59,64)/t34?,36?,38-,40+,41-,45+,46+,47-,50+,51+,52+,54-,55+,56+,57-/m1/s1. The summed E-state index contributed by atoms with van der Waals surface area (Å²) in [5.41, 5.74) is 7.08. The quantitative estimate of drug-likeness (QED) is 0.0623. The number of aromatic hydroxyl groups is 1. The number of hydrogen-bond acceptors (Lipinski definition) is 16. The van der Waals surface area contributed by atoms with E-state index in [1.54, 1.807) is 6.07 Å². The van der Waals surface area contributed by atoms with Crippen LogP contribution in [0.5, 0.6) is 17.2 Å². The summed E-state index contributed by atoms with van der Waals surface area (Å²) in [4.78, 5) is 32.0. The van der Waals surface area contributed by atoms with E-state index < -0.39 is 65.3 Å². The molecule has 2 spiro atoms. The number of rotatable bonds is 15. The summed E-state index contributed by atoms with van der Waals surface area (Å²) in [6.45, 7) is 2.92. The van der Waals surface area contributed by atoms with E-state index in [4.69, 9.17) is 18.9 Å². The second-order valence-corrected chi connectivity index (χ2v) is 25.9. The van der Waals surface area contributed by atoms with Crippen molar-refractivity contribution in [3.05, 3.63) is 99.6 Å². The molecule has 3 aromatic carbocycles. The Kier molecular flexibility index (Phi) is 11.9. The molecular weight excluding hydrogens is 997 g/mol. The number of nitrogens with zero attached hydrogens (tertiary/aromatic N) is 2. The number of aliphatic hydroxyl groups is 5. The van der Waals surface area contributed by atoms with Crippen molar-refractivity contribution in [3.63, 3.8) is 0 Å². The van der Waals surface area contributed by atoms with E-state index in [0.717, 1.165) is 83.7 Å². The Hall–Kier alpha value is -4.18. The molecule has 16 nitrogen and oxygen atoms in total. The minimum atomic E-state index is -1.72. The zero-order valence-corrected chi connectivity index (χ0v) is 43.6. The van der Waals surface area contributed by atoms with Crippen LogP contribution in [0.25, 0.3) is 5.57 Å². The minimum absolute atomic E-state index is 0.0172.